The van der Waals surface area contributed by atoms with Crippen molar-refractivity contribution in [1.82, 2.24) is 4.98 Å². The van der Waals surface area contributed by atoms with Crippen molar-refractivity contribution in [3.05, 3.63) is 11.8 Å². The molecule has 0 saturated carbocycles. The molecule has 0 spiro atoms. The molecule has 1 fully saturated rings. The van der Waals surface area contributed by atoms with Gasteiger partial charge in [0.05, 0.1) is 12.4 Å². The third kappa shape index (κ3) is 3.06. The summed E-state index contributed by atoms with van der Waals surface area (Å²) in [6, 6.07) is 0. The van der Waals surface area contributed by atoms with E-state index in [1.165, 1.54) is 12.0 Å². The Morgan fingerprint density at radius 3 is 2.54 bits per heavy atom. The number of halogens is 2. The summed E-state index contributed by atoms with van der Waals surface area (Å²) in [5, 5.41) is 0. The number of aromatic nitrogens is 1. The predicted octanol–water partition coefficient (Wildman–Crippen LogP) is 1.59. The van der Waals surface area contributed by atoms with Gasteiger partial charge in [-0.25, -0.2) is 12.8 Å². The number of pyridine rings is 1. The normalized spacial score (nSPS) is 20.1. The number of hydrogen-bond donors (Lipinski definition) is 0. The molecule has 1 aromatic heterocycles. The van der Waals surface area contributed by atoms with Crippen LogP contribution in [-0.4, -0.2) is 59.1 Å². The van der Waals surface area contributed by atoms with Gasteiger partial charge in [-0.05, 0) is 19.3 Å². The first-order chi connectivity index (χ1) is 11.5. The van der Waals surface area contributed by atoms with Crippen LogP contribution in [0.5, 0.6) is 0 Å². The Morgan fingerprint density at radius 2 is 1.88 bits per heavy atom. The number of rotatable bonds is 4. The van der Waals surface area contributed by atoms with Gasteiger partial charge in [-0.3, -0.25) is 0 Å². The lowest BCUT2D eigenvalue weighted by Crippen LogP contribution is -2.40. The van der Waals surface area contributed by atoms with Crippen molar-refractivity contribution in [2.24, 2.45) is 0 Å². The molecule has 0 amide bonds. The Morgan fingerprint density at radius 1 is 1.17 bits per heavy atom. The van der Waals surface area contributed by atoms with E-state index < -0.39 is 26.5 Å². The summed E-state index contributed by atoms with van der Waals surface area (Å²) in [7, 11) is -2.38. The van der Waals surface area contributed by atoms with Crippen LogP contribution in [0.4, 0.5) is 20.3 Å². The number of anilines is 2. The number of fused-ring (bicyclic) bond motifs is 1. The van der Waals surface area contributed by atoms with Crippen molar-refractivity contribution in [2.75, 3.05) is 55.4 Å². The maximum absolute atomic E-state index is 15.0. The molecule has 3 heterocycles. The molecule has 24 heavy (non-hydrogen) atoms. The zero-order chi connectivity index (χ0) is 17.3. The van der Waals surface area contributed by atoms with Crippen LogP contribution in [0.25, 0.3) is 0 Å². The van der Waals surface area contributed by atoms with Gasteiger partial charge in [-0.1, -0.05) is 0 Å². The number of nitrogens with zero attached hydrogens (tertiary/aromatic N) is 3. The van der Waals surface area contributed by atoms with Gasteiger partial charge in [-0.15, -0.1) is 0 Å². The van der Waals surface area contributed by atoms with Crippen molar-refractivity contribution < 1.29 is 21.9 Å². The van der Waals surface area contributed by atoms with Crippen molar-refractivity contribution in [1.29, 1.82) is 0 Å². The molecule has 2 aliphatic rings. The average Bonchev–Trinajstić information content (AvgIpc) is 2.57. The van der Waals surface area contributed by atoms with Crippen molar-refractivity contribution >= 4 is 21.3 Å². The summed E-state index contributed by atoms with van der Waals surface area (Å²) >= 11 is 0. The number of piperidine rings is 1. The first kappa shape index (κ1) is 17.3. The molecule has 9 heteroatoms. The summed E-state index contributed by atoms with van der Waals surface area (Å²) in [6.45, 7) is 1.76. The van der Waals surface area contributed by atoms with Gasteiger partial charge in [0.25, 0.3) is 0 Å². The fourth-order valence-electron chi connectivity index (χ4n) is 3.24. The third-order valence-corrected chi connectivity index (χ3v) is 6.20. The number of hydrogen-bond acceptors (Lipinski definition) is 6. The number of sulfone groups is 1. The highest BCUT2D eigenvalue weighted by Crippen LogP contribution is 2.38. The SMILES string of the molecule is COCCN1CCS(=O)(=O)c2c(F)c(N3CCCCC3)nc(F)c21. The zero-order valence-electron chi connectivity index (χ0n) is 13.6. The van der Waals surface area contributed by atoms with E-state index in [2.05, 4.69) is 4.98 Å². The van der Waals surface area contributed by atoms with Crippen molar-refractivity contribution in [3.8, 4) is 0 Å². The van der Waals surface area contributed by atoms with E-state index in [0.717, 1.165) is 19.3 Å². The van der Waals surface area contributed by atoms with Gasteiger partial charge >= 0.3 is 0 Å². The molecule has 0 atom stereocenters. The third-order valence-electron chi connectivity index (χ3n) is 4.49. The van der Waals surface area contributed by atoms with E-state index >= 15 is 4.39 Å². The molecule has 6 nitrogen and oxygen atoms in total. The molecule has 1 saturated heterocycles. The van der Waals surface area contributed by atoms with Crippen LogP contribution in [0.3, 0.4) is 0 Å². The van der Waals surface area contributed by atoms with E-state index in [1.807, 2.05) is 0 Å². The van der Waals surface area contributed by atoms with Gasteiger partial charge < -0.3 is 14.5 Å². The first-order valence-corrected chi connectivity index (χ1v) is 9.71. The van der Waals surface area contributed by atoms with Crippen LogP contribution >= 0.6 is 0 Å². The minimum Gasteiger partial charge on any atom is -0.383 e. The van der Waals surface area contributed by atoms with E-state index in [-0.39, 0.29) is 37.0 Å². The largest absolute Gasteiger partial charge is 0.383 e. The molecule has 3 rings (SSSR count). The number of methoxy groups -OCH3 is 1. The van der Waals surface area contributed by atoms with Crippen LogP contribution in [0.15, 0.2) is 4.90 Å². The molecular weight excluding hydrogens is 340 g/mol. The predicted molar refractivity (Wildman–Crippen MR) is 86.4 cm³/mol. The van der Waals surface area contributed by atoms with E-state index in [9.17, 15) is 12.8 Å². The first-order valence-electron chi connectivity index (χ1n) is 8.06. The van der Waals surface area contributed by atoms with Gasteiger partial charge in [0.15, 0.2) is 21.5 Å². The molecule has 0 bridgehead atoms. The topological polar surface area (TPSA) is 62.7 Å². The fourth-order valence-corrected chi connectivity index (χ4v) is 4.77. The Bertz CT molecular complexity index is 721. The van der Waals surface area contributed by atoms with E-state index in [1.54, 1.807) is 4.90 Å². The summed E-state index contributed by atoms with van der Waals surface area (Å²) in [4.78, 5) is 6.34. The molecule has 0 N–H and O–H groups in total. The molecule has 1 aromatic rings. The molecule has 134 valence electrons. The molecule has 0 radical (unpaired) electrons. The van der Waals surface area contributed by atoms with Gasteiger partial charge in [0.1, 0.15) is 10.6 Å². The van der Waals surface area contributed by atoms with Gasteiger partial charge in [0, 0.05) is 33.3 Å². The maximum atomic E-state index is 15.0. The Balaban J connectivity index is 2.10. The van der Waals surface area contributed by atoms with Crippen molar-refractivity contribution in [2.45, 2.75) is 24.2 Å². The molecular formula is C15H21F2N3O3S. The van der Waals surface area contributed by atoms with Crippen LogP contribution < -0.4 is 9.80 Å². The minimum atomic E-state index is -3.88. The zero-order valence-corrected chi connectivity index (χ0v) is 14.4. The quantitative estimate of drug-likeness (QED) is 0.759. The standard InChI is InChI=1S/C15H21F2N3O3S/c1-23-9-7-19-8-10-24(21,22)13-11(16)15(18-14(17)12(13)19)20-5-3-2-4-6-20/h2-10H2,1H3. The monoisotopic (exact) mass is 361 g/mol. The lowest BCUT2D eigenvalue weighted by molar-refractivity contribution is 0.205. The summed E-state index contributed by atoms with van der Waals surface area (Å²) in [5.74, 6) is -2.31. The second kappa shape index (κ2) is 6.79. The minimum absolute atomic E-state index is 0.0970. The highest BCUT2D eigenvalue weighted by Gasteiger charge is 2.37. The summed E-state index contributed by atoms with van der Waals surface area (Å²) in [5.41, 5.74) is -0.267. The number of ether oxygens (including phenoxy) is 1. The second-order valence-electron chi connectivity index (χ2n) is 6.06. The molecule has 0 unspecified atom stereocenters. The van der Waals surface area contributed by atoms with Crippen LogP contribution in [0.1, 0.15) is 19.3 Å². The van der Waals surface area contributed by atoms with E-state index in [4.69, 9.17) is 4.74 Å². The van der Waals surface area contributed by atoms with Crippen LogP contribution in [0, 0.1) is 11.8 Å². The highest BCUT2D eigenvalue weighted by atomic mass is 32.2. The lowest BCUT2D eigenvalue weighted by atomic mass is 10.1. The lowest BCUT2D eigenvalue weighted by Gasteiger charge is -2.33. The van der Waals surface area contributed by atoms with Crippen LogP contribution in [-0.2, 0) is 14.6 Å². The summed E-state index contributed by atoms with van der Waals surface area (Å²) in [6.07, 6.45) is 2.73. The molecule has 0 aromatic carbocycles. The van der Waals surface area contributed by atoms with Gasteiger partial charge in [-0.2, -0.15) is 9.37 Å². The smallest absolute Gasteiger partial charge is 0.239 e. The Hall–Kier alpha value is -1.48. The fraction of sp³-hybridized carbons (Fsp3) is 0.667. The second-order valence-corrected chi connectivity index (χ2v) is 8.11. The van der Waals surface area contributed by atoms with E-state index in [0.29, 0.717) is 13.1 Å². The summed E-state index contributed by atoms with van der Waals surface area (Å²) < 4.78 is 59.4. The molecule has 0 aliphatic carbocycles. The Labute approximate surface area is 140 Å². The maximum Gasteiger partial charge on any atom is 0.239 e. The van der Waals surface area contributed by atoms with Gasteiger partial charge in [0.2, 0.25) is 5.95 Å². The Kier molecular flexibility index (Phi) is 4.91. The van der Waals surface area contributed by atoms with Crippen molar-refractivity contribution in [3.63, 3.8) is 0 Å². The molecule has 2 aliphatic heterocycles. The highest BCUT2D eigenvalue weighted by molar-refractivity contribution is 7.91. The average molecular weight is 361 g/mol. The van der Waals surface area contributed by atoms with Crippen LogP contribution in [0.2, 0.25) is 0 Å².